The molecule has 6 nitrogen and oxygen atoms in total. The minimum atomic E-state index is -0.315. The van der Waals surface area contributed by atoms with Crippen LogP contribution in [0.5, 0.6) is 11.5 Å². The number of carbonyl (C=O) groups excluding carboxylic acids is 1. The van der Waals surface area contributed by atoms with E-state index >= 15 is 0 Å². The van der Waals surface area contributed by atoms with E-state index in [1.54, 1.807) is 21.3 Å². The highest BCUT2D eigenvalue weighted by molar-refractivity contribution is 5.88. The predicted octanol–water partition coefficient (Wildman–Crippen LogP) is 4.59. The molecule has 4 rings (SSSR count). The van der Waals surface area contributed by atoms with E-state index in [2.05, 4.69) is 9.88 Å². The van der Waals surface area contributed by atoms with E-state index in [0.29, 0.717) is 11.5 Å². The van der Waals surface area contributed by atoms with E-state index in [9.17, 15) is 4.79 Å². The molecule has 1 aliphatic carbocycles. The number of carbonyl (C=O) groups is 1. The van der Waals surface area contributed by atoms with Crippen LogP contribution in [0.1, 0.15) is 38.1 Å². The van der Waals surface area contributed by atoms with Gasteiger partial charge in [0.2, 0.25) is 5.91 Å². The number of amides is 1. The molecule has 3 aromatic rings. The number of rotatable bonds is 6. The second-order valence-electron chi connectivity index (χ2n) is 7.82. The summed E-state index contributed by atoms with van der Waals surface area (Å²) in [4.78, 5) is 18.1. The van der Waals surface area contributed by atoms with Crippen molar-refractivity contribution < 1.29 is 14.3 Å². The Morgan fingerprint density at radius 3 is 2.57 bits per heavy atom. The Morgan fingerprint density at radius 2 is 1.87 bits per heavy atom. The Hall–Kier alpha value is -3.02. The second-order valence-corrected chi connectivity index (χ2v) is 7.82. The van der Waals surface area contributed by atoms with Gasteiger partial charge in [-0.1, -0.05) is 31.4 Å². The van der Waals surface area contributed by atoms with E-state index < -0.39 is 0 Å². The molecule has 1 saturated carbocycles. The zero-order valence-electron chi connectivity index (χ0n) is 17.9. The van der Waals surface area contributed by atoms with Crippen LogP contribution < -0.4 is 14.8 Å². The summed E-state index contributed by atoms with van der Waals surface area (Å²) in [7, 11) is 4.99. The van der Waals surface area contributed by atoms with Crippen LogP contribution in [0.4, 0.5) is 0 Å². The van der Waals surface area contributed by atoms with Gasteiger partial charge in [-0.05, 0) is 43.0 Å². The van der Waals surface area contributed by atoms with Gasteiger partial charge in [-0.3, -0.25) is 4.79 Å². The van der Waals surface area contributed by atoms with Crippen molar-refractivity contribution in [3.05, 3.63) is 42.5 Å². The first-order chi connectivity index (χ1) is 14.7. The molecule has 1 N–H and O–H groups in total. The number of ether oxygens (including phenoxy) is 2. The summed E-state index contributed by atoms with van der Waals surface area (Å²) < 4.78 is 13.2. The molecule has 1 fully saturated rings. The third-order valence-electron chi connectivity index (χ3n) is 6.13. The number of hydrogen-bond acceptors (Lipinski definition) is 4. The predicted molar refractivity (Wildman–Crippen MR) is 118 cm³/mol. The standard InChI is InChI=1S/C24H29N3O3/c1-25-24(28)22(16-9-5-4-6-10-16)27-20-12-8-7-11-19(20)26-23(27)18-14-13-17(29-2)15-21(18)30-3/h7-8,11-16,22H,4-6,9-10H2,1-3H3,(H,25,28). The van der Waals surface area contributed by atoms with Crippen LogP contribution in [-0.2, 0) is 4.79 Å². The topological polar surface area (TPSA) is 65.4 Å². The third-order valence-corrected chi connectivity index (χ3v) is 6.13. The fraction of sp³-hybridized carbons (Fsp3) is 0.417. The van der Waals surface area contributed by atoms with Gasteiger partial charge in [0.25, 0.3) is 0 Å². The van der Waals surface area contributed by atoms with Crippen LogP contribution in [0.2, 0.25) is 0 Å². The van der Waals surface area contributed by atoms with Gasteiger partial charge in [0.1, 0.15) is 23.4 Å². The summed E-state index contributed by atoms with van der Waals surface area (Å²) in [5.41, 5.74) is 2.68. The van der Waals surface area contributed by atoms with Gasteiger partial charge in [0.15, 0.2) is 0 Å². The van der Waals surface area contributed by atoms with Crippen LogP contribution >= 0.6 is 0 Å². The van der Waals surface area contributed by atoms with Crippen molar-refractivity contribution >= 4 is 16.9 Å². The normalized spacial score (nSPS) is 15.7. The number of aromatic nitrogens is 2. The first-order valence-electron chi connectivity index (χ1n) is 10.6. The minimum Gasteiger partial charge on any atom is -0.497 e. The SMILES string of the molecule is CNC(=O)C(C1CCCCC1)n1c(-c2ccc(OC)cc2OC)nc2ccccc21. The summed E-state index contributed by atoms with van der Waals surface area (Å²) in [5, 5.41) is 2.90. The van der Waals surface area contributed by atoms with E-state index in [0.717, 1.165) is 48.1 Å². The van der Waals surface area contributed by atoms with E-state index in [-0.39, 0.29) is 17.9 Å². The lowest BCUT2D eigenvalue weighted by Gasteiger charge is -2.31. The first-order valence-corrected chi connectivity index (χ1v) is 10.6. The molecule has 1 aliphatic rings. The number of nitrogens with one attached hydrogen (secondary N) is 1. The zero-order chi connectivity index (χ0) is 21.1. The lowest BCUT2D eigenvalue weighted by atomic mass is 9.83. The molecular formula is C24H29N3O3. The Morgan fingerprint density at radius 1 is 1.10 bits per heavy atom. The molecule has 1 amide bonds. The van der Waals surface area contributed by atoms with Gasteiger partial charge in [0, 0.05) is 13.1 Å². The highest BCUT2D eigenvalue weighted by Gasteiger charge is 2.34. The van der Waals surface area contributed by atoms with Gasteiger partial charge >= 0.3 is 0 Å². The molecule has 0 saturated heterocycles. The molecule has 30 heavy (non-hydrogen) atoms. The second kappa shape index (κ2) is 8.78. The Balaban J connectivity index is 1.95. The number of likely N-dealkylation sites (N-methyl/N-ethyl adjacent to an activating group) is 1. The molecular weight excluding hydrogens is 378 g/mol. The van der Waals surface area contributed by atoms with E-state index in [1.807, 2.05) is 42.5 Å². The average molecular weight is 408 g/mol. The van der Waals surface area contributed by atoms with Gasteiger partial charge in [-0.2, -0.15) is 0 Å². The summed E-state index contributed by atoms with van der Waals surface area (Å²) in [6.07, 6.45) is 5.65. The summed E-state index contributed by atoms with van der Waals surface area (Å²) in [6, 6.07) is 13.4. The minimum absolute atomic E-state index is 0.0266. The molecule has 0 spiro atoms. The number of benzene rings is 2. The largest absolute Gasteiger partial charge is 0.497 e. The van der Waals surface area contributed by atoms with Gasteiger partial charge in [0.05, 0.1) is 30.8 Å². The third kappa shape index (κ3) is 3.62. The quantitative estimate of drug-likeness (QED) is 0.649. The Kier molecular flexibility index (Phi) is 5.93. The van der Waals surface area contributed by atoms with Crippen molar-refractivity contribution in [1.82, 2.24) is 14.9 Å². The lowest BCUT2D eigenvalue weighted by molar-refractivity contribution is -0.125. The molecule has 1 aromatic heterocycles. The van der Waals surface area contributed by atoms with Crippen molar-refractivity contribution in [2.75, 3.05) is 21.3 Å². The number of imidazole rings is 1. The van der Waals surface area contributed by atoms with Crippen molar-refractivity contribution in [2.24, 2.45) is 5.92 Å². The molecule has 0 radical (unpaired) electrons. The average Bonchev–Trinajstić information content (AvgIpc) is 3.18. The maximum Gasteiger partial charge on any atom is 0.243 e. The van der Waals surface area contributed by atoms with Gasteiger partial charge in [-0.15, -0.1) is 0 Å². The number of fused-ring (bicyclic) bond motifs is 1. The molecule has 1 atom stereocenters. The summed E-state index contributed by atoms with van der Waals surface area (Å²) in [5.74, 6) is 2.44. The number of methoxy groups -OCH3 is 2. The van der Waals surface area contributed by atoms with Crippen LogP contribution in [0.25, 0.3) is 22.4 Å². The first kappa shape index (κ1) is 20.3. The van der Waals surface area contributed by atoms with Crippen molar-refractivity contribution in [1.29, 1.82) is 0 Å². The maximum absolute atomic E-state index is 13.2. The van der Waals surface area contributed by atoms with Crippen molar-refractivity contribution in [2.45, 2.75) is 38.1 Å². The number of nitrogens with zero attached hydrogens (tertiary/aromatic N) is 2. The Bertz CT molecular complexity index is 1040. The maximum atomic E-state index is 13.2. The molecule has 6 heteroatoms. The summed E-state index contributed by atoms with van der Waals surface area (Å²) in [6.45, 7) is 0. The Labute approximate surface area is 177 Å². The van der Waals surface area contributed by atoms with Crippen LogP contribution in [0.15, 0.2) is 42.5 Å². The highest BCUT2D eigenvalue weighted by atomic mass is 16.5. The number of para-hydroxylation sites is 2. The lowest BCUT2D eigenvalue weighted by Crippen LogP contribution is -2.36. The van der Waals surface area contributed by atoms with Crippen molar-refractivity contribution in [3.63, 3.8) is 0 Å². The zero-order valence-corrected chi connectivity index (χ0v) is 17.9. The van der Waals surface area contributed by atoms with Crippen LogP contribution in [-0.4, -0.2) is 36.7 Å². The monoisotopic (exact) mass is 407 g/mol. The number of hydrogen-bond donors (Lipinski definition) is 1. The molecule has 0 bridgehead atoms. The molecule has 2 aromatic carbocycles. The van der Waals surface area contributed by atoms with Gasteiger partial charge < -0.3 is 19.4 Å². The van der Waals surface area contributed by atoms with Crippen LogP contribution in [0, 0.1) is 5.92 Å². The fourth-order valence-electron chi connectivity index (χ4n) is 4.64. The van der Waals surface area contributed by atoms with Gasteiger partial charge in [-0.25, -0.2) is 4.98 Å². The van der Waals surface area contributed by atoms with Crippen LogP contribution in [0.3, 0.4) is 0 Å². The highest BCUT2D eigenvalue weighted by Crippen LogP contribution is 2.41. The molecule has 158 valence electrons. The fourth-order valence-corrected chi connectivity index (χ4v) is 4.64. The smallest absolute Gasteiger partial charge is 0.243 e. The molecule has 1 unspecified atom stereocenters. The van der Waals surface area contributed by atoms with E-state index in [4.69, 9.17) is 14.5 Å². The van der Waals surface area contributed by atoms with E-state index in [1.165, 1.54) is 6.42 Å². The molecule has 0 aliphatic heterocycles. The molecule has 1 heterocycles. The van der Waals surface area contributed by atoms with Crippen molar-refractivity contribution in [3.8, 4) is 22.9 Å². The summed E-state index contributed by atoms with van der Waals surface area (Å²) >= 11 is 0.